The van der Waals surface area contributed by atoms with Crippen LogP contribution in [0.2, 0.25) is 0 Å². The van der Waals surface area contributed by atoms with Gasteiger partial charge in [0, 0.05) is 16.3 Å². The topological polar surface area (TPSA) is 29.1 Å². The predicted molar refractivity (Wildman–Crippen MR) is 81.1 cm³/mol. The van der Waals surface area contributed by atoms with Crippen LogP contribution in [0.1, 0.15) is 52.9 Å². The standard InChI is InChI=1S/C16H26BrNO/c1-9(17)16(2,3)18-15(19)14-12-5-10-4-11(7-12)8-13(14)6-10/h9-14H,4-8H2,1-3H3,(H,18,19). The molecule has 4 saturated carbocycles. The summed E-state index contributed by atoms with van der Waals surface area (Å²) in [4.78, 5) is 13.0. The van der Waals surface area contributed by atoms with Crippen molar-refractivity contribution in [2.75, 3.05) is 0 Å². The molecular weight excluding hydrogens is 302 g/mol. The fraction of sp³-hybridized carbons (Fsp3) is 0.938. The van der Waals surface area contributed by atoms with Gasteiger partial charge in [-0.2, -0.15) is 0 Å². The molecule has 0 saturated heterocycles. The number of rotatable bonds is 3. The van der Waals surface area contributed by atoms with Crippen LogP contribution in [0.4, 0.5) is 0 Å². The first-order valence-corrected chi connectivity index (χ1v) is 8.74. The molecular formula is C16H26BrNO. The summed E-state index contributed by atoms with van der Waals surface area (Å²) in [6.07, 6.45) is 6.71. The number of hydrogen-bond acceptors (Lipinski definition) is 1. The zero-order chi connectivity index (χ0) is 13.8. The molecule has 1 N–H and O–H groups in total. The van der Waals surface area contributed by atoms with Crippen LogP contribution in [-0.2, 0) is 4.79 Å². The third-order valence-electron chi connectivity index (χ3n) is 5.97. The van der Waals surface area contributed by atoms with Gasteiger partial charge in [0.05, 0.1) is 0 Å². The summed E-state index contributed by atoms with van der Waals surface area (Å²) < 4.78 is 0. The minimum atomic E-state index is -0.161. The Morgan fingerprint density at radius 3 is 2.00 bits per heavy atom. The Kier molecular flexibility index (Phi) is 3.48. The van der Waals surface area contributed by atoms with Gasteiger partial charge in [0.1, 0.15) is 0 Å². The largest absolute Gasteiger partial charge is 0.350 e. The molecule has 1 unspecified atom stereocenters. The van der Waals surface area contributed by atoms with Gasteiger partial charge in [0.25, 0.3) is 0 Å². The van der Waals surface area contributed by atoms with Crippen molar-refractivity contribution in [2.45, 2.75) is 63.2 Å². The van der Waals surface area contributed by atoms with Crippen molar-refractivity contribution < 1.29 is 4.79 Å². The molecule has 4 aliphatic rings. The Balaban J connectivity index is 1.71. The van der Waals surface area contributed by atoms with Crippen LogP contribution in [0, 0.1) is 29.6 Å². The van der Waals surface area contributed by atoms with E-state index >= 15 is 0 Å². The molecule has 4 aliphatic carbocycles. The van der Waals surface area contributed by atoms with E-state index in [-0.39, 0.29) is 5.54 Å². The second kappa shape index (κ2) is 4.75. The van der Waals surface area contributed by atoms with E-state index < -0.39 is 0 Å². The van der Waals surface area contributed by atoms with Gasteiger partial charge in [-0.3, -0.25) is 4.79 Å². The maximum atomic E-state index is 12.7. The van der Waals surface area contributed by atoms with Gasteiger partial charge in [-0.15, -0.1) is 0 Å². The van der Waals surface area contributed by atoms with Crippen molar-refractivity contribution in [1.82, 2.24) is 5.32 Å². The molecule has 1 amide bonds. The zero-order valence-electron chi connectivity index (χ0n) is 12.3. The minimum Gasteiger partial charge on any atom is -0.350 e. The Morgan fingerprint density at radius 2 is 1.58 bits per heavy atom. The molecule has 0 aromatic heterocycles. The normalized spacial score (nSPS) is 42.2. The first kappa shape index (κ1) is 13.9. The second-order valence-corrected chi connectivity index (χ2v) is 9.16. The molecule has 4 bridgehead atoms. The number of nitrogens with one attached hydrogen (secondary N) is 1. The maximum absolute atomic E-state index is 12.7. The Morgan fingerprint density at radius 1 is 1.11 bits per heavy atom. The van der Waals surface area contributed by atoms with E-state index in [1.54, 1.807) is 0 Å². The molecule has 0 aromatic rings. The van der Waals surface area contributed by atoms with Crippen molar-refractivity contribution >= 4 is 21.8 Å². The van der Waals surface area contributed by atoms with Gasteiger partial charge in [-0.05, 0) is 69.6 Å². The van der Waals surface area contributed by atoms with E-state index in [9.17, 15) is 4.79 Å². The molecule has 0 heterocycles. The van der Waals surface area contributed by atoms with Crippen LogP contribution in [-0.4, -0.2) is 16.3 Å². The van der Waals surface area contributed by atoms with Gasteiger partial charge >= 0.3 is 0 Å². The lowest BCUT2D eigenvalue weighted by atomic mass is 9.51. The average molecular weight is 328 g/mol. The number of carbonyl (C=O) groups is 1. The molecule has 19 heavy (non-hydrogen) atoms. The SMILES string of the molecule is CC(Br)C(C)(C)NC(=O)C1C2CC3CC(C2)CC1C3. The summed E-state index contributed by atoms with van der Waals surface area (Å²) in [5, 5.41) is 3.30. The molecule has 3 heteroatoms. The highest BCUT2D eigenvalue weighted by molar-refractivity contribution is 9.09. The fourth-order valence-corrected chi connectivity index (χ4v) is 4.97. The van der Waals surface area contributed by atoms with E-state index in [2.05, 4.69) is 42.0 Å². The number of hydrogen-bond donors (Lipinski definition) is 1. The molecule has 0 radical (unpaired) electrons. The smallest absolute Gasteiger partial charge is 0.224 e. The Hall–Kier alpha value is -0.0500. The van der Waals surface area contributed by atoms with Crippen LogP contribution < -0.4 is 5.32 Å². The molecule has 0 aromatic carbocycles. The summed E-state index contributed by atoms with van der Waals surface area (Å²) in [5.74, 6) is 3.86. The molecule has 4 fully saturated rings. The van der Waals surface area contributed by atoms with Gasteiger partial charge in [-0.25, -0.2) is 0 Å². The minimum absolute atomic E-state index is 0.161. The number of amides is 1. The first-order chi connectivity index (χ1) is 8.87. The lowest BCUT2D eigenvalue weighted by Gasteiger charge is -2.54. The quantitative estimate of drug-likeness (QED) is 0.786. The highest BCUT2D eigenvalue weighted by Crippen LogP contribution is 2.56. The van der Waals surface area contributed by atoms with Crippen molar-refractivity contribution in [3.05, 3.63) is 0 Å². The summed E-state index contributed by atoms with van der Waals surface area (Å²) >= 11 is 3.61. The molecule has 4 rings (SSSR count). The highest BCUT2D eigenvalue weighted by Gasteiger charge is 2.51. The lowest BCUT2D eigenvalue weighted by Crippen LogP contribution is -2.56. The summed E-state index contributed by atoms with van der Waals surface area (Å²) in [5.41, 5.74) is -0.161. The molecule has 0 aliphatic heterocycles. The number of alkyl halides is 1. The van der Waals surface area contributed by atoms with Crippen molar-refractivity contribution in [3.63, 3.8) is 0 Å². The molecule has 1 atom stereocenters. The van der Waals surface area contributed by atoms with Crippen LogP contribution in [0.5, 0.6) is 0 Å². The van der Waals surface area contributed by atoms with Crippen LogP contribution in [0.3, 0.4) is 0 Å². The molecule has 0 spiro atoms. The van der Waals surface area contributed by atoms with Crippen molar-refractivity contribution in [2.24, 2.45) is 29.6 Å². The van der Waals surface area contributed by atoms with Gasteiger partial charge in [0.15, 0.2) is 0 Å². The van der Waals surface area contributed by atoms with Crippen molar-refractivity contribution in [1.29, 1.82) is 0 Å². The van der Waals surface area contributed by atoms with E-state index in [4.69, 9.17) is 0 Å². The lowest BCUT2D eigenvalue weighted by molar-refractivity contribution is -0.139. The molecule has 2 nitrogen and oxygen atoms in total. The number of carbonyl (C=O) groups excluding carboxylic acids is 1. The zero-order valence-corrected chi connectivity index (χ0v) is 13.9. The summed E-state index contributed by atoms with van der Waals surface area (Å²) in [7, 11) is 0. The van der Waals surface area contributed by atoms with E-state index in [1.807, 2.05) is 0 Å². The fourth-order valence-electron chi connectivity index (χ4n) is 4.85. The highest BCUT2D eigenvalue weighted by atomic mass is 79.9. The van der Waals surface area contributed by atoms with Gasteiger partial charge in [-0.1, -0.05) is 22.9 Å². The second-order valence-electron chi connectivity index (χ2n) is 7.78. The van der Waals surface area contributed by atoms with E-state index in [1.165, 1.54) is 32.1 Å². The Bertz CT molecular complexity index is 349. The summed E-state index contributed by atoms with van der Waals surface area (Å²) in [6.45, 7) is 6.33. The average Bonchev–Trinajstić information content (AvgIpc) is 2.26. The number of halogens is 1. The van der Waals surface area contributed by atoms with Gasteiger partial charge < -0.3 is 5.32 Å². The predicted octanol–water partition coefficient (Wildman–Crippen LogP) is 3.74. The van der Waals surface area contributed by atoms with Crippen molar-refractivity contribution in [3.8, 4) is 0 Å². The van der Waals surface area contributed by atoms with Crippen LogP contribution in [0.25, 0.3) is 0 Å². The van der Waals surface area contributed by atoms with Crippen LogP contribution >= 0.6 is 15.9 Å². The Labute approximate surface area is 125 Å². The summed E-state index contributed by atoms with van der Waals surface area (Å²) in [6, 6.07) is 0. The third-order valence-corrected chi connectivity index (χ3v) is 7.11. The third kappa shape index (κ3) is 2.48. The first-order valence-electron chi connectivity index (χ1n) is 7.83. The monoisotopic (exact) mass is 327 g/mol. The van der Waals surface area contributed by atoms with Crippen LogP contribution in [0.15, 0.2) is 0 Å². The maximum Gasteiger partial charge on any atom is 0.224 e. The molecule has 108 valence electrons. The van der Waals surface area contributed by atoms with Gasteiger partial charge in [0.2, 0.25) is 5.91 Å². The van der Waals surface area contributed by atoms with E-state index in [0.717, 1.165) is 11.8 Å². The van der Waals surface area contributed by atoms with E-state index in [0.29, 0.717) is 28.5 Å².